The van der Waals surface area contributed by atoms with Gasteiger partial charge in [0, 0.05) is 25.7 Å². The largest absolute Gasteiger partial charge is 0.355 e. The average Bonchev–Trinajstić information content (AvgIpc) is 3.38. The zero-order valence-corrected chi connectivity index (χ0v) is 13.4. The van der Waals surface area contributed by atoms with Crippen LogP contribution in [0.5, 0.6) is 0 Å². The number of anilines is 1. The highest BCUT2D eigenvalue weighted by Crippen LogP contribution is 2.38. The van der Waals surface area contributed by atoms with Crippen molar-refractivity contribution >= 4 is 5.82 Å². The Hall–Kier alpha value is -1.16. The van der Waals surface area contributed by atoms with Crippen LogP contribution in [0.15, 0.2) is 12.1 Å². The van der Waals surface area contributed by atoms with Gasteiger partial charge >= 0.3 is 0 Å². The van der Waals surface area contributed by atoms with Crippen LogP contribution in [-0.2, 0) is 6.54 Å². The fraction of sp³-hybridized carbons (Fsp3) is 0.765. The minimum absolute atomic E-state index is 0.568. The Morgan fingerprint density at radius 2 is 1.86 bits per heavy atom. The maximum Gasteiger partial charge on any atom is 0.151 e. The first-order chi connectivity index (χ1) is 10.2. The topological polar surface area (TPSA) is 41.0 Å². The van der Waals surface area contributed by atoms with Crippen molar-refractivity contribution in [3.8, 4) is 0 Å². The van der Waals surface area contributed by atoms with E-state index in [0.717, 1.165) is 37.2 Å². The maximum atomic E-state index is 4.44. The summed E-state index contributed by atoms with van der Waals surface area (Å²) in [7, 11) is 0. The highest BCUT2D eigenvalue weighted by Gasteiger charge is 2.31. The molecule has 2 fully saturated rings. The molecule has 0 aromatic carbocycles. The van der Waals surface area contributed by atoms with Gasteiger partial charge in [0.05, 0.1) is 5.69 Å². The monoisotopic (exact) mass is 288 g/mol. The Bertz CT molecular complexity index is 438. The van der Waals surface area contributed by atoms with Crippen LogP contribution >= 0.6 is 0 Å². The van der Waals surface area contributed by atoms with Crippen LogP contribution in [0.3, 0.4) is 0 Å². The first kappa shape index (κ1) is 14.8. The molecule has 116 valence electrons. The van der Waals surface area contributed by atoms with Crippen molar-refractivity contribution in [2.24, 2.45) is 5.41 Å². The first-order valence-corrected chi connectivity index (χ1v) is 8.55. The maximum absolute atomic E-state index is 4.44. The van der Waals surface area contributed by atoms with Crippen LogP contribution in [0.1, 0.15) is 58.1 Å². The van der Waals surface area contributed by atoms with Crippen LogP contribution in [0.25, 0.3) is 0 Å². The zero-order valence-electron chi connectivity index (χ0n) is 13.4. The molecule has 1 aliphatic heterocycles. The molecule has 21 heavy (non-hydrogen) atoms. The normalized spacial score (nSPS) is 21.5. The molecule has 3 rings (SSSR count). The van der Waals surface area contributed by atoms with Gasteiger partial charge in [0.2, 0.25) is 0 Å². The minimum Gasteiger partial charge on any atom is -0.355 e. The Morgan fingerprint density at radius 3 is 2.38 bits per heavy atom. The molecular weight excluding hydrogens is 260 g/mol. The van der Waals surface area contributed by atoms with Crippen LogP contribution < -0.4 is 10.2 Å². The summed E-state index contributed by atoms with van der Waals surface area (Å²) in [5.41, 5.74) is 1.62. The first-order valence-electron chi connectivity index (χ1n) is 8.55. The van der Waals surface area contributed by atoms with Gasteiger partial charge in [-0.1, -0.05) is 26.7 Å². The number of rotatable bonds is 6. The van der Waals surface area contributed by atoms with Crippen molar-refractivity contribution < 1.29 is 0 Å². The predicted molar refractivity (Wildman–Crippen MR) is 86.4 cm³/mol. The lowest BCUT2D eigenvalue weighted by Crippen LogP contribution is -2.40. The third-order valence-electron chi connectivity index (χ3n) is 5.50. The van der Waals surface area contributed by atoms with Crippen molar-refractivity contribution in [2.45, 2.75) is 65.0 Å². The van der Waals surface area contributed by atoms with Crippen LogP contribution in [0.4, 0.5) is 5.82 Å². The smallest absolute Gasteiger partial charge is 0.151 e. The van der Waals surface area contributed by atoms with Crippen molar-refractivity contribution in [2.75, 3.05) is 18.0 Å². The molecular formula is C17H28N4. The fourth-order valence-corrected chi connectivity index (χ4v) is 3.32. The van der Waals surface area contributed by atoms with E-state index in [-0.39, 0.29) is 0 Å². The fourth-order valence-electron chi connectivity index (χ4n) is 3.32. The minimum atomic E-state index is 0.568. The van der Waals surface area contributed by atoms with Gasteiger partial charge in [0.1, 0.15) is 0 Å². The Balaban J connectivity index is 1.54. The molecule has 0 spiro atoms. The molecule has 1 aliphatic carbocycles. The van der Waals surface area contributed by atoms with Gasteiger partial charge in [0.15, 0.2) is 5.82 Å². The summed E-state index contributed by atoms with van der Waals surface area (Å²) in [6, 6.07) is 4.99. The van der Waals surface area contributed by atoms with Crippen molar-refractivity contribution in [3.63, 3.8) is 0 Å². The molecule has 1 saturated carbocycles. The Morgan fingerprint density at radius 1 is 1.14 bits per heavy atom. The molecule has 0 atom stereocenters. The Kier molecular flexibility index (Phi) is 4.43. The molecule has 0 radical (unpaired) electrons. The molecule has 2 heterocycles. The molecule has 0 bridgehead atoms. The van der Waals surface area contributed by atoms with Crippen molar-refractivity contribution in [1.29, 1.82) is 0 Å². The zero-order chi connectivity index (χ0) is 14.7. The molecule has 1 saturated heterocycles. The van der Waals surface area contributed by atoms with E-state index in [1.54, 1.807) is 0 Å². The molecule has 0 unspecified atom stereocenters. The van der Waals surface area contributed by atoms with Crippen molar-refractivity contribution in [3.05, 3.63) is 17.8 Å². The molecule has 0 amide bonds. The van der Waals surface area contributed by atoms with Gasteiger partial charge in [-0.2, -0.15) is 5.10 Å². The summed E-state index contributed by atoms with van der Waals surface area (Å²) in [5.74, 6) is 1.05. The van der Waals surface area contributed by atoms with E-state index in [2.05, 4.69) is 46.4 Å². The molecule has 4 heteroatoms. The lowest BCUT2D eigenvalue weighted by atomic mass is 9.74. The molecule has 4 nitrogen and oxygen atoms in total. The number of hydrogen-bond donors (Lipinski definition) is 1. The second-order valence-electron chi connectivity index (χ2n) is 6.73. The summed E-state index contributed by atoms with van der Waals surface area (Å²) < 4.78 is 0. The van der Waals surface area contributed by atoms with E-state index in [4.69, 9.17) is 0 Å². The predicted octanol–water partition coefficient (Wildman–Crippen LogP) is 3.14. The van der Waals surface area contributed by atoms with Crippen LogP contribution in [0, 0.1) is 5.41 Å². The second kappa shape index (κ2) is 6.30. The Labute approximate surface area is 128 Å². The summed E-state index contributed by atoms with van der Waals surface area (Å²) in [6.07, 6.45) is 7.80. The SMILES string of the molecule is CCC1(CC)CCN(c2ccc(CNC3CC3)nn2)CC1. The van der Waals surface area contributed by atoms with Gasteiger partial charge in [-0.3, -0.25) is 0 Å². The summed E-state index contributed by atoms with van der Waals surface area (Å²) >= 11 is 0. The van der Waals surface area contributed by atoms with Crippen LogP contribution in [0.2, 0.25) is 0 Å². The summed E-state index contributed by atoms with van der Waals surface area (Å²) in [5, 5.41) is 12.3. The number of hydrogen-bond acceptors (Lipinski definition) is 4. The number of nitrogens with zero attached hydrogens (tertiary/aromatic N) is 3. The van der Waals surface area contributed by atoms with Gasteiger partial charge in [-0.15, -0.1) is 5.10 Å². The highest BCUT2D eigenvalue weighted by molar-refractivity contribution is 5.38. The van der Waals surface area contributed by atoms with Gasteiger partial charge in [-0.05, 0) is 43.2 Å². The lowest BCUT2D eigenvalue weighted by Gasteiger charge is -2.41. The van der Waals surface area contributed by atoms with E-state index in [0.29, 0.717) is 5.41 Å². The average molecular weight is 288 g/mol. The quantitative estimate of drug-likeness (QED) is 0.873. The van der Waals surface area contributed by atoms with Gasteiger partial charge in [0.25, 0.3) is 0 Å². The lowest BCUT2D eigenvalue weighted by molar-refractivity contribution is 0.199. The third-order valence-corrected chi connectivity index (χ3v) is 5.50. The van der Waals surface area contributed by atoms with Crippen LogP contribution in [-0.4, -0.2) is 29.3 Å². The second-order valence-corrected chi connectivity index (χ2v) is 6.73. The van der Waals surface area contributed by atoms with E-state index in [1.165, 1.54) is 38.5 Å². The molecule has 2 aliphatic rings. The van der Waals surface area contributed by atoms with Crippen molar-refractivity contribution in [1.82, 2.24) is 15.5 Å². The molecule has 1 N–H and O–H groups in total. The van der Waals surface area contributed by atoms with E-state index < -0.39 is 0 Å². The highest BCUT2D eigenvalue weighted by atomic mass is 15.3. The number of piperidine rings is 1. The number of aromatic nitrogens is 2. The van der Waals surface area contributed by atoms with Gasteiger partial charge in [-0.25, -0.2) is 0 Å². The third kappa shape index (κ3) is 3.54. The van der Waals surface area contributed by atoms with Gasteiger partial charge < -0.3 is 10.2 Å². The van der Waals surface area contributed by atoms with E-state index >= 15 is 0 Å². The molecule has 1 aromatic rings. The van der Waals surface area contributed by atoms with E-state index in [1.807, 2.05) is 0 Å². The van der Waals surface area contributed by atoms with E-state index in [9.17, 15) is 0 Å². The standard InChI is InChI=1S/C17H28N4/c1-3-17(4-2)9-11-21(12-10-17)16-8-7-15(19-20-16)13-18-14-5-6-14/h7-8,14,18H,3-6,9-13H2,1-2H3. The summed E-state index contributed by atoms with van der Waals surface area (Å²) in [6.45, 7) is 7.76. The summed E-state index contributed by atoms with van der Waals surface area (Å²) in [4.78, 5) is 2.40. The number of nitrogens with one attached hydrogen (secondary N) is 1. The molecule has 1 aromatic heterocycles.